The van der Waals surface area contributed by atoms with Crippen LogP contribution in [0.5, 0.6) is 11.5 Å². The minimum absolute atomic E-state index is 0.0108. The zero-order chi connectivity index (χ0) is 15.6. The van der Waals surface area contributed by atoms with Crippen molar-refractivity contribution in [2.75, 3.05) is 5.73 Å². The van der Waals surface area contributed by atoms with Crippen LogP contribution in [0, 0.1) is 0 Å². The molecule has 0 saturated heterocycles. The third-order valence-electron chi connectivity index (χ3n) is 2.68. The van der Waals surface area contributed by atoms with E-state index >= 15 is 0 Å². The molecule has 2 rings (SSSR count). The molecule has 0 aliphatic heterocycles. The smallest absolute Gasteiger partial charge is 0.416 e. The number of amides is 1. The second kappa shape index (κ2) is 5.35. The van der Waals surface area contributed by atoms with E-state index in [1.165, 1.54) is 30.3 Å². The summed E-state index contributed by atoms with van der Waals surface area (Å²) in [4.78, 5) is 11.0. The predicted octanol–water partition coefficient (Wildman–Crippen LogP) is 3.18. The Kier molecular flexibility index (Phi) is 3.75. The second-order valence-corrected chi connectivity index (χ2v) is 4.24. The number of hydrogen-bond donors (Lipinski definition) is 2. The Labute approximate surface area is 118 Å². The molecule has 0 aliphatic rings. The van der Waals surface area contributed by atoms with Crippen LogP contribution >= 0.6 is 0 Å². The minimum atomic E-state index is -4.46. The van der Waals surface area contributed by atoms with Crippen molar-refractivity contribution in [2.24, 2.45) is 5.73 Å². The molecule has 0 heterocycles. The van der Waals surface area contributed by atoms with Gasteiger partial charge in [0.1, 0.15) is 11.5 Å². The van der Waals surface area contributed by atoms with Crippen LogP contribution in [0.1, 0.15) is 15.9 Å². The molecule has 2 aromatic rings. The molecule has 1 amide bonds. The average molecular weight is 296 g/mol. The van der Waals surface area contributed by atoms with Gasteiger partial charge in [0.25, 0.3) is 0 Å². The van der Waals surface area contributed by atoms with Gasteiger partial charge in [0.2, 0.25) is 5.91 Å². The Bertz CT molecular complexity index is 684. The number of anilines is 1. The maximum absolute atomic E-state index is 12.6. The summed E-state index contributed by atoms with van der Waals surface area (Å²) in [5, 5.41) is 0. The number of benzene rings is 2. The van der Waals surface area contributed by atoms with E-state index in [4.69, 9.17) is 16.2 Å². The van der Waals surface area contributed by atoms with Crippen LogP contribution in [0.15, 0.2) is 42.5 Å². The van der Waals surface area contributed by atoms with E-state index in [9.17, 15) is 18.0 Å². The van der Waals surface area contributed by atoms with Gasteiger partial charge in [-0.1, -0.05) is 6.07 Å². The number of ether oxygens (including phenoxy) is 1. The fraction of sp³-hybridized carbons (Fsp3) is 0.0714. The lowest BCUT2D eigenvalue weighted by atomic mass is 10.1. The van der Waals surface area contributed by atoms with Crippen LogP contribution in [0.2, 0.25) is 0 Å². The quantitative estimate of drug-likeness (QED) is 0.854. The summed E-state index contributed by atoms with van der Waals surface area (Å²) in [5.74, 6) is -0.532. The summed E-state index contributed by atoms with van der Waals surface area (Å²) in [6.07, 6.45) is -4.46. The van der Waals surface area contributed by atoms with Gasteiger partial charge < -0.3 is 16.2 Å². The summed E-state index contributed by atoms with van der Waals surface area (Å²) < 4.78 is 43.1. The van der Waals surface area contributed by atoms with Gasteiger partial charge in [-0.05, 0) is 36.4 Å². The second-order valence-electron chi connectivity index (χ2n) is 4.24. The molecule has 110 valence electrons. The molecule has 7 heteroatoms. The zero-order valence-corrected chi connectivity index (χ0v) is 10.6. The first-order chi connectivity index (χ1) is 9.77. The Balaban J connectivity index is 2.28. The third-order valence-corrected chi connectivity index (χ3v) is 2.68. The third kappa shape index (κ3) is 3.44. The van der Waals surface area contributed by atoms with E-state index in [1.54, 1.807) is 0 Å². The molecule has 0 aliphatic carbocycles. The molecule has 0 unspecified atom stereocenters. The normalized spacial score (nSPS) is 11.2. The van der Waals surface area contributed by atoms with Gasteiger partial charge in [-0.25, -0.2) is 0 Å². The summed E-state index contributed by atoms with van der Waals surface area (Å²) >= 11 is 0. The van der Waals surface area contributed by atoms with E-state index in [2.05, 4.69) is 0 Å². The topological polar surface area (TPSA) is 78.3 Å². The lowest BCUT2D eigenvalue weighted by Gasteiger charge is -2.11. The van der Waals surface area contributed by atoms with Crippen molar-refractivity contribution in [3.63, 3.8) is 0 Å². The number of primary amides is 1. The Morgan fingerprint density at radius 3 is 2.38 bits per heavy atom. The first-order valence-corrected chi connectivity index (χ1v) is 5.82. The standard InChI is InChI=1S/C14H11F3N2O2/c15-14(16,17)9-2-1-3-10(7-9)21-12-5-4-8(13(19)20)6-11(12)18/h1-7H,18H2,(H2,19,20). The summed E-state index contributed by atoms with van der Waals surface area (Å²) in [7, 11) is 0. The Morgan fingerprint density at radius 1 is 1.10 bits per heavy atom. The van der Waals surface area contributed by atoms with Crippen molar-refractivity contribution in [1.82, 2.24) is 0 Å². The number of halogens is 3. The number of carbonyl (C=O) groups excluding carboxylic acids is 1. The highest BCUT2D eigenvalue weighted by Gasteiger charge is 2.30. The maximum Gasteiger partial charge on any atom is 0.416 e. The number of hydrogen-bond acceptors (Lipinski definition) is 3. The van der Waals surface area contributed by atoms with Gasteiger partial charge in [0.15, 0.2) is 0 Å². The van der Waals surface area contributed by atoms with Crippen LogP contribution in [0.4, 0.5) is 18.9 Å². The van der Waals surface area contributed by atoms with Crippen LogP contribution in [-0.4, -0.2) is 5.91 Å². The first kappa shape index (κ1) is 14.7. The number of alkyl halides is 3. The van der Waals surface area contributed by atoms with E-state index in [-0.39, 0.29) is 22.7 Å². The molecule has 0 saturated carbocycles. The maximum atomic E-state index is 12.6. The summed E-state index contributed by atoms with van der Waals surface area (Å²) in [5.41, 5.74) is 10.2. The number of nitrogen functional groups attached to an aromatic ring is 1. The van der Waals surface area contributed by atoms with Gasteiger partial charge in [-0.15, -0.1) is 0 Å². The monoisotopic (exact) mass is 296 g/mol. The molecule has 0 radical (unpaired) electrons. The van der Waals surface area contributed by atoms with Gasteiger partial charge in [-0.2, -0.15) is 13.2 Å². The van der Waals surface area contributed by atoms with Crippen molar-refractivity contribution in [3.05, 3.63) is 53.6 Å². The lowest BCUT2D eigenvalue weighted by Crippen LogP contribution is -2.11. The zero-order valence-electron chi connectivity index (χ0n) is 10.6. The van der Waals surface area contributed by atoms with Crippen LogP contribution in [-0.2, 0) is 6.18 Å². The summed E-state index contributed by atoms with van der Waals surface area (Å²) in [6.45, 7) is 0. The lowest BCUT2D eigenvalue weighted by molar-refractivity contribution is -0.137. The molecule has 0 spiro atoms. The number of carbonyl (C=O) groups is 1. The SMILES string of the molecule is NC(=O)c1ccc(Oc2cccc(C(F)(F)F)c2)c(N)c1. The molecule has 0 atom stereocenters. The Morgan fingerprint density at radius 2 is 1.81 bits per heavy atom. The average Bonchev–Trinajstić information content (AvgIpc) is 2.40. The predicted molar refractivity (Wildman–Crippen MR) is 70.9 cm³/mol. The Hall–Kier alpha value is -2.70. The molecule has 4 nitrogen and oxygen atoms in total. The van der Waals surface area contributed by atoms with Gasteiger partial charge in [-0.3, -0.25) is 4.79 Å². The number of rotatable bonds is 3. The van der Waals surface area contributed by atoms with Crippen molar-refractivity contribution in [2.45, 2.75) is 6.18 Å². The largest absolute Gasteiger partial charge is 0.455 e. The molecular formula is C14H11F3N2O2. The fourth-order valence-corrected chi connectivity index (χ4v) is 1.66. The fourth-order valence-electron chi connectivity index (χ4n) is 1.66. The highest BCUT2D eigenvalue weighted by atomic mass is 19.4. The molecular weight excluding hydrogens is 285 g/mol. The van der Waals surface area contributed by atoms with E-state index in [0.29, 0.717) is 0 Å². The van der Waals surface area contributed by atoms with Crippen molar-refractivity contribution in [3.8, 4) is 11.5 Å². The highest BCUT2D eigenvalue weighted by molar-refractivity contribution is 5.94. The molecule has 0 fully saturated rings. The van der Waals surface area contributed by atoms with Gasteiger partial charge in [0.05, 0.1) is 11.3 Å². The van der Waals surface area contributed by atoms with E-state index in [0.717, 1.165) is 12.1 Å². The van der Waals surface area contributed by atoms with Gasteiger partial charge in [0, 0.05) is 5.56 Å². The number of nitrogens with two attached hydrogens (primary N) is 2. The van der Waals surface area contributed by atoms with Crippen LogP contribution < -0.4 is 16.2 Å². The molecule has 2 aromatic carbocycles. The van der Waals surface area contributed by atoms with E-state index in [1.807, 2.05) is 0 Å². The van der Waals surface area contributed by atoms with Crippen LogP contribution in [0.3, 0.4) is 0 Å². The van der Waals surface area contributed by atoms with Gasteiger partial charge >= 0.3 is 6.18 Å². The summed E-state index contributed by atoms with van der Waals surface area (Å²) in [6, 6.07) is 8.44. The molecule has 21 heavy (non-hydrogen) atoms. The van der Waals surface area contributed by atoms with Crippen molar-refractivity contribution in [1.29, 1.82) is 0 Å². The molecule has 0 bridgehead atoms. The van der Waals surface area contributed by atoms with E-state index < -0.39 is 17.6 Å². The van der Waals surface area contributed by atoms with Crippen LogP contribution in [0.25, 0.3) is 0 Å². The highest BCUT2D eigenvalue weighted by Crippen LogP contribution is 2.34. The molecule has 0 aromatic heterocycles. The van der Waals surface area contributed by atoms with Crippen molar-refractivity contribution < 1.29 is 22.7 Å². The minimum Gasteiger partial charge on any atom is -0.455 e. The van der Waals surface area contributed by atoms with Crippen molar-refractivity contribution >= 4 is 11.6 Å². The molecule has 4 N–H and O–H groups in total. The first-order valence-electron chi connectivity index (χ1n) is 5.82.